The fourth-order valence-electron chi connectivity index (χ4n) is 5.69. The van der Waals surface area contributed by atoms with Crippen LogP contribution in [0.1, 0.15) is 34.9 Å². The van der Waals surface area contributed by atoms with Crippen molar-refractivity contribution in [1.82, 2.24) is 9.13 Å². The van der Waals surface area contributed by atoms with E-state index in [0.29, 0.717) is 25.2 Å². The van der Waals surface area contributed by atoms with Gasteiger partial charge >= 0.3 is 5.69 Å². The standard InChI is InChI=1S/C34H37IN2O7/c1-24-21-36(33(39)37(23-35)31(24)38)32-30(42-19-18-40-2)20-29(44-32)22-43-34(25-10-6-4-7-11-25,26-12-8-5-9-13-26)27-14-16-28(41-3)17-15-27/h4-17,21,29-30,32H,18-20,22-23H2,1-3H3/t29-,30+,32+/m0/s1. The highest BCUT2D eigenvalue weighted by atomic mass is 127. The summed E-state index contributed by atoms with van der Waals surface area (Å²) in [5.41, 5.74) is 1.57. The molecular formula is C34H37IN2O7. The van der Waals surface area contributed by atoms with Crippen molar-refractivity contribution < 1.29 is 23.7 Å². The van der Waals surface area contributed by atoms with Crippen LogP contribution in [0.4, 0.5) is 0 Å². The van der Waals surface area contributed by atoms with Crippen molar-refractivity contribution in [1.29, 1.82) is 0 Å². The Labute approximate surface area is 270 Å². The maximum atomic E-state index is 13.4. The first-order valence-corrected chi connectivity index (χ1v) is 16.0. The lowest BCUT2D eigenvalue weighted by molar-refractivity contribution is -0.0985. The Bertz CT molecular complexity index is 1580. The second-order valence-corrected chi connectivity index (χ2v) is 11.3. The Balaban J connectivity index is 1.53. The summed E-state index contributed by atoms with van der Waals surface area (Å²) in [5, 5.41) is 0. The van der Waals surface area contributed by atoms with Crippen LogP contribution in [-0.2, 0) is 29.1 Å². The topological polar surface area (TPSA) is 90.2 Å². The summed E-state index contributed by atoms with van der Waals surface area (Å²) in [6.07, 6.45) is 0.421. The molecule has 1 aliphatic heterocycles. The van der Waals surface area contributed by atoms with Gasteiger partial charge in [-0.25, -0.2) is 4.79 Å². The smallest absolute Gasteiger partial charge is 0.333 e. The minimum atomic E-state index is -0.968. The van der Waals surface area contributed by atoms with Gasteiger partial charge in [-0.1, -0.05) is 95.4 Å². The minimum absolute atomic E-state index is 0.204. The van der Waals surface area contributed by atoms with E-state index in [2.05, 4.69) is 24.3 Å². The minimum Gasteiger partial charge on any atom is -0.497 e. The lowest BCUT2D eigenvalue weighted by Gasteiger charge is -2.36. The van der Waals surface area contributed by atoms with Crippen molar-refractivity contribution >= 4 is 22.6 Å². The number of ether oxygens (including phenoxy) is 5. The summed E-state index contributed by atoms with van der Waals surface area (Å²) >= 11 is 2.01. The number of hydrogen-bond acceptors (Lipinski definition) is 7. The highest BCUT2D eigenvalue weighted by Gasteiger charge is 2.42. The molecule has 2 heterocycles. The molecule has 232 valence electrons. The number of methoxy groups -OCH3 is 2. The van der Waals surface area contributed by atoms with Gasteiger partial charge < -0.3 is 23.7 Å². The first kappa shape index (κ1) is 32.1. The van der Waals surface area contributed by atoms with Gasteiger partial charge in [0.25, 0.3) is 5.56 Å². The third-order valence-corrected chi connectivity index (χ3v) is 8.55. The molecule has 3 atom stereocenters. The molecule has 0 unspecified atom stereocenters. The molecule has 0 N–H and O–H groups in total. The van der Waals surface area contributed by atoms with Crippen molar-refractivity contribution in [3.05, 3.63) is 134 Å². The molecule has 1 aliphatic rings. The number of benzene rings is 3. The first-order chi connectivity index (χ1) is 21.4. The van der Waals surface area contributed by atoms with Crippen LogP contribution in [-0.4, -0.2) is 55.4 Å². The summed E-state index contributed by atoms with van der Waals surface area (Å²) in [5.74, 6) is 0.746. The molecule has 4 aromatic rings. The van der Waals surface area contributed by atoms with E-state index in [1.807, 2.05) is 83.3 Å². The maximum absolute atomic E-state index is 13.4. The second kappa shape index (κ2) is 14.7. The molecule has 0 amide bonds. The van der Waals surface area contributed by atoms with Crippen LogP contribution < -0.4 is 16.0 Å². The van der Waals surface area contributed by atoms with E-state index in [9.17, 15) is 9.59 Å². The molecule has 0 saturated carbocycles. The first-order valence-electron chi connectivity index (χ1n) is 14.5. The summed E-state index contributed by atoms with van der Waals surface area (Å²) in [6, 6.07) is 28.1. The summed E-state index contributed by atoms with van der Waals surface area (Å²) in [6.45, 7) is 2.63. The molecule has 10 heteroatoms. The Morgan fingerprint density at radius 3 is 2.07 bits per heavy atom. The van der Waals surface area contributed by atoms with Crippen LogP contribution in [0, 0.1) is 6.92 Å². The number of nitrogens with zero attached hydrogens (tertiary/aromatic N) is 2. The van der Waals surface area contributed by atoms with E-state index in [1.54, 1.807) is 27.3 Å². The van der Waals surface area contributed by atoms with Crippen molar-refractivity contribution in [2.75, 3.05) is 34.0 Å². The summed E-state index contributed by atoms with van der Waals surface area (Å²) in [7, 11) is 3.25. The molecule has 1 aromatic heterocycles. The van der Waals surface area contributed by atoms with E-state index < -0.39 is 29.7 Å². The molecular weight excluding hydrogens is 675 g/mol. The fraction of sp³-hybridized carbons (Fsp3) is 0.353. The van der Waals surface area contributed by atoms with E-state index in [4.69, 9.17) is 23.7 Å². The van der Waals surface area contributed by atoms with Crippen LogP contribution in [0.15, 0.2) is 101 Å². The van der Waals surface area contributed by atoms with Gasteiger partial charge in [-0.05, 0) is 35.7 Å². The summed E-state index contributed by atoms with van der Waals surface area (Å²) < 4.78 is 33.3. The third kappa shape index (κ3) is 6.54. The SMILES string of the molecule is COCCO[C@@H]1C[C@@H](COC(c2ccccc2)(c2ccccc2)c2ccc(OC)cc2)O[C@H]1n1cc(C)c(=O)n(CI)c1=O. The van der Waals surface area contributed by atoms with Crippen molar-refractivity contribution in [3.8, 4) is 5.75 Å². The Hall–Kier alpha value is -3.29. The van der Waals surface area contributed by atoms with Gasteiger partial charge in [0, 0.05) is 25.3 Å². The number of alkyl halides is 1. The largest absolute Gasteiger partial charge is 0.497 e. The van der Waals surface area contributed by atoms with E-state index >= 15 is 0 Å². The molecule has 0 bridgehead atoms. The molecule has 5 rings (SSSR count). The van der Waals surface area contributed by atoms with Gasteiger partial charge in [0.1, 0.15) is 17.5 Å². The van der Waals surface area contributed by atoms with Crippen LogP contribution in [0.3, 0.4) is 0 Å². The fourth-order valence-corrected chi connectivity index (χ4v) is 6.29. The lowest BCUT2D eigenvalue weighted by atomic mass is 9.80. The number of halogens is 1. The Morgan fingerprint density at radius 2 is 1.50 bits per heavy atom. The van der Waals surface area contributed by atoms with Crippen molar-refractivity contribution in [3.63, 3.8) is 0 Å². The zero-order valence-corrected chi connectivity index (χ0v) is 27.2. The maximum Gasteiger partial charge on any atom is 0.333 e. The quantitative estimate of drug-likeness (QED) is 0.0831. The Morgan fingerprint density at radius 1 is 0.886 bits per heavy atom. The monoisotopic (exact) mass is 712 g/mol. The predicted molar refractivity (Wildman–Crippen MR) is 176 cm³/mol. The van der Waals surface area contributed by atoms with Gasteiger partial charge in [0.2, 0.25) is 0 Å². The molecule has 0 aliphatic carbocycles. The van der Waals surface area contributed by atoms with Crippen LogP contribution >= 0.6 is 22.6 Å². The highest BCUT2D eigenvalue weighted by molar-refractivity contribution is 14.1. The lowest BCUT2D eigenvalue weighted by Crippen LogP contribution is -2.43. The van der Waals surface area contributed by atoms with Crippen LogP contribution in [0.2, 0.25) is 0 Å². The summed E-state index contributed by atoms with van der Waals surface area (Å²) in [4.78, 5) is 26.0. The number of aryl methyl sites for hydroxylation is 1. The Kier molecular flexibility index (Phi) is 10.7. The molecule has 3 aromatic carbocycles. The highest BCUT2D eigenvalue weighted by Crippen LogP contribution is 2.42. The molecule has 44 heavy (non-hydrogen) atoms. The number of aromatic nitrogens is 2. The average Bonchev–Trinajstić information content (AvgIpc) is 3.47. The van der Waals surface area contributed by atoms with Crippen molar-refractivity contribution in [2.24, 2.45) is 0 Å². The van der Waals surface area contributed by atoms with E-state index in [-0.39, 0.29) is 16.7 Å². The van der Waals surface area contributed by atoms with E-state index in [0.717, 1.165) is 22.4 Å². The van der Waals surface area contributed by atoms with Crippen LogP contribution in [0.25, 0.3) is 0 Å². The molecule has 0 spiro atoms. The van der Waals surface area contributed by atoms with E-state index in [1.165, 1.54) is 9.13 Å². The molecule has 9 nitrogen and oxygen atoms in total. The van der Waals surface area contributed by atoms with Gasteiger partial charge in [0.15, 0.2) is 6.23 Å². The molecule has 1 saturated heterocycles. The molecule has 0 radical (unpaired) electrons. The van der Waals surface area contributed by atoms with Gasteiger partial charge in [-0.3, -0.25) is 13.9 Å². The molecule has 1 fully saturated rings. The zero-order valence-electron chi connectivity index (χ0n) is 25.1. The average molecular weight is 713 g/mol. The second-order valence-electron chi connectivity index (χ2n) is 10.6. The normalized spacial score (nSPS) is 18.4. The van der Waals surface area contributed by atoms with Gasteiger partial charge in [-0.15, -0.1) is 0 Å². The third-order valence-electron chi connectivity index (χ3n) is 7.87. The van der Waals surface area contributed by atoms with Crippen molar-refractivity contribution in [2.45, 2.75) is 41.9 Å². The van der Waals surface area contributed by atoms with Gasteiger partial charge in [-0.2, -0.15) is 0 Å². The number of rotatable bonds is 13. The number of hydrogen-bond donors (Lipinski definition) is 0. The predicted octanol–water partition coefficient (Wildman–Crippen LogP) is 5.05. The van der Waals surface area contributed by atoms with Crippen LogP contribution in [0.5, 0.6) is 5.75 Å². The zero-order chi connectivity index (χ0) is 31.1. The van der Waals surface area contributed by atoms with Gasteiger partial charge in [0.05, 0.1) is 37.6 Å².